The molecule has 0 aromatic carbocycles. The molecule has 15 heavy (non-hydrogen) atoms. The third kappa shape index (κ3) is 4.62. The minimum Gasteiger partial charge on any atom is -0.506 e. The van der Waals surface area contributed by atoms with Crippen LogP contribution in [0, 0.1) is 41.7 Å². The second kappa shape index (κ2) is 5.97. The second-order valence-electron chi connectivity index (χ2n) is 2.37. The summed E-state index contributed by atoms with van der Waals surface area (Å²) < 4.78 is 35.2. The van der Waals surface area contributed by atoms with Crippen molar-refractivity contribution in [2.45, 2.75) is 6.18 Å². The average Bonchev–Trinajstić information content (AvgIpc) is 2.53. The van der Waals surface area contributed by atoms with Crippen molar-refractivity contribution >= 4 is 22.9 Å². The molecule has 76 valence electrons. The number of allylic oxidation sites excluding steroid dienone is 1. The van der Waals surface area contributed by atoms with Crippen molar-refractivity contribution in [3.63, 3.8) is 0 Å². The van der Waals surface area contributed by atoms with Crippen LogP contribution in [0.5, 0.6) is 0 Å². The normalized spacial score (nSPS) is 12.1. The number of hydrogen-bond acceptors (Lipinski definition) is 3. The Morgan fingerprint density at radius 1 is 1.47 bits per heavy atom. The molecule has 0 amide bonds. The number of thiophene rings is 1. The van der Waals surface area contributed by atoms with Crippen LogP contribution in [0.4, 0.5) is 13.2 Å². The van der Waals surface area contributed by atoms with Gasteiger partial charge in [-0.05, 0) is 11.4 Å². The van der Waals surface area contributed by atoms with E-state index >= 15 is 0 Å². The van der Waals surface area contributed by atoms with E-state index in [4.69, 9.17) is 5.11 Å². The smallest absolute Gasteiger partial charge is 0.506 e. The Kier molecular flexibility index (Phi) is 6.00. The molecule has 1 aromatic heterocycles. The Balaban J connectivity index is 0.00000196. The Morgan fingerprint density at radius 2 is 2.07 bits per heavy atom. The summed E-state index contributed by atoms with van der Waals surface area (Å²) in [7, 11) is 0. The van der Waals surface area contributed by atoms with Gasteiger partial charge in [0.1, 0.15) is 5.76 Å². The van der Waals surface area contributed by atoms with Gasteiger partial charge in [-0.25, -0.2) is 0 Å². The molecule has 7 heteroatoms. The number of rotatable bonds is 2. The summed E-state index contributed by atoms with van der Waals surface area (Å²) in [6, 6.07) is 2.97. The van der Waals surface area contributed by atoms with Gasteiger partial charge in [0.15, 0.2) is 0 Å². The summed E-state index contributed by atoms with van der Waals surface area (Å²) in [5.41, 5.74) is 0. The van der Waals surface area contributed by atoms with Gasteiger partial charge in [0.05, 0.1) is 4.88 Å². The van der Waals surface area contributed by atoms with E-state index in [0.717, 1.165) is 11.3 Å². The number of carbonyl (C=O) groups excluding carboxylic acids is 1. The van der Waals surface area contributed by atoms with Crippen LogP contribution in [0.25, 0.3) is 5.76 Å². The molecule has 0 radical (unpaired) electrons. The first-order valence-corrected chi connectivity index (χ1v) is 4.35. The Hall–Kier alpha value is 0.0766. The van der Waals surface area contributed by atoms with Crippen LogP contribution in [0.3, 0.4) is 0 Å². The van der Waals surface area contributed by atoms with Crippen molar-refractivity contribution in [2.75, 3.05) is 0 Å². The molecule has 0 unspecified atom stereocenters. The van der Waals surface area contributed by atoms with Gasteiger partial charge in [-0.2, -0.15) is 13.2 Å². The maximum absolute atomic E-state index is 11.7. The summed E-state index contributed by atoms with van der Waals surface area (Å²) in [5, 5.41) is 10.7. The van der Waals surface area contributed by atoms with Crippen molar-refractivity contribution < 1.29 is 64.8 Å². The van der Waals surface area contributed by atoms with Crippen molar-refractivity contribution in [1.29, 1.82) is 0 Å². The minimum absolute atomic E-state index is 0. The van der Waals surface area contributed by atoms with E-state index in [1.165, 1.54) is 6.07 Å². The fraction of sp³-hybridized carbons (Fsp3) is 0.125. The van der Waals surface area contributed by atoms with E-state index in [9.17, 15) is 18.0 Å². The third-order valence-corrected chi connectivity index (χ3v) is 2.21. The largest absolute Gasteiger partial charge is 4.00 e. The van der Waals surface area contributed by atoms with Gasteiger partial charge in [-0.1, -0.05) is 6.07 Å². The summed E-state index contributed by atoms with van der Waals surface area (Å²) in [4.78, 5) is 10.6. The van der Waals surface area contributed by atoms with E-state index in [1.54, 1.807) is 11.4 Å². The number of aliphatic hydroxyl groups is 1. The molecule has 1 N–H and O–H groups in total. The van der Waals surface area contributed by atoms with Crippen LogP contribution in [-0.2, 0) is 4.79 Å². The number of hydrogen-bond donors (Lipinski definition) is 1. The van der Waals surface area contributed by atoms with Gasteiger partial charge in [0, 0.05) is 6.08 Å². The van der Waals surface area contributed by atoms with Crippen LogP contribution < -0.4 is 0 Å². The zero-order valence-corrected chi connectivity index (χ0v) is 11.2. The molecule has 1 aromatic rings. The van der Waals surface area contributed by atoms with E-state index < -0.39 is 17.7 Å². The average molecular weight is 362 g/mol. The SMILES string of the molecule is O=C(/C=C(\O)c1cccs1)C(F)(F)F.[Ce+4]. The first-order valence-electron chi connectivity index (χ1n) is 3.47. The Bertz CT molecular complexity index is 356. The van der Waals surface area contributed by atoms with Crippen LogP contribution in [0.15, 0.2) is 23.6 Å². The summed E-state index contributed by atoms with van der Waals surface area (Å²) in [6.07, 6.45) is -4.77. The van der Waals surface area contributed by atoms with Crippen LogP contribution in [0.1, 0.15) is 4.88 Å². The minimum atomic E-state index is -4.94. The third-order valence-electron chi connectivity index (χ3n) is 1.32. The molecule has 2 nitrogen and oxygen atoms in total. The van der Waals surface area contributed by atoms with Crippen molar-refractivity contribution in [3.05, 3.63) is 28.5 Å². The van der Waals surface area contributed by atoms with E-state index in [-0.39, 0.29) is 52.7 Å². The molecule has 0 saturated heterocycles. The first kappa shape index (κ1) is 15.1. The molecule has 0 aliphatic heterocycles. The van der Waals surface area contributed by atoms with Gasteiger partial charge < -0.3 is 5.11 Å². The van der Waals surface area contributed by atoms with Crippen molar-refractivity contribution in [1.82, 2.24) is 0 Å². The van der Waals surface area contributed by atoms with Gasteiger partial charge in [0.2, 0.25) is 0 Å². The number of aliphatic hydroxyl groups excluding tert-OH is 1. The topological polar surface area (TPSA) is 37.3 Å². The fourth-order valence-corrected chi connectivity index (χ4v) is 1.34. The molecule has 0 aliphatic carbocycles. The molecular formula is C8H5CeF3O2S+4. The Morgan fingerprint density at radius 3 is 2.47 bits per heavy atom. The number of ketones is 1. The maximum Gasteiger partial charge on any atom is 4.00 e. The zero-order chi connectivity index (χ0) is 10.8. The van der Waals surface area contributed by atoms with Crippen LogP contribution in [0.2, 0.25) is 0 Å². The quantitative estimate of drug-likeness (QED) is 0.649. The molecule has 0 atom stereocenters. The number of carbonyl (C=O) groups is 1. The number of alkyl halides is 3. The number of halogens is 3. The molecule has 0 bridgehead atoms. The predicted octanol–water partition coefficient (Wildman–Crippen LogP) is 2.78. The zero-order valence-electron chi connectivity index (χ0n) is 7.21. The van der Waals surface area contributed by atoms with E-state index in [0.29, 0.717) is 0 Å². The van der Waals surface area contributed by atoms with Crippen LogP contribution in [-0.4, -0.2) is 17.1 Å². The van der Waals surface area contributed by atoms with Gasteiger partial charge in [0.25, 0.3) is 5.78 Å². The summed E-state index contributed by atoms with van der Waals surface area (Å²) in [5.74, 6) is -2.73. The Labute approximate surface area is 121 Å². The summed E-state index contributed by atoms with van der Waals surface area (Å²) >= 11 is 1.05. The first-order chi connectivity index (χ1) is 6.41. The van der Waals surface area contributed by atoms with Gasteiger partial charge in [-0.15, -0.1) is 11.3 Å². The summed E-state index contributed by atoms with van der Waals surface area (Å²) in [6.45, 7) is 0. The van der Waals surface area contributed by atoms with Gasteiger partial charge >= 0.3 is 47.9 Å². The fourth-order valence-electron chi connectivity index (χ4n) is 0.701. The predicted molar refractivity (Wildman–Crippen MR) is 46.0 cm³/mol. The molecule has 0 fully saturated rings. The van der Waals surface area contributed by atoms with Crippen molar-refractivity contribution in [3.8, 4) is 0 Å². The van der Waals surface area contributed by atoms with E-state index in [1.807, 2.05) is 0 Å². The van der Waals surface area contributed by atoms with Gasteiger partial charge in [-0.3, -0.25) is 4.79 Å². The molecule has 0 saturated carbocycles. The van der Waals surface area contributed by atoms with E-state index in [2.05, 4.69) is 0 Å². The second-order valence-corrected chi connectivity index (χ2v) is 3.32. The molecule has 0 aliphatic rings. The molecule has 1 rings (SSSR count). The molecule has 1 heterocycles. The molecule has 0 spiro atoms. The van der Waals surface area contributed by atoms with Crippen LogP contribution >= 0.6 is 11.3 Å². The van der Waals surface area contributed by atoms with Crippen molar-refractivity contribution in [2.24, 2.45) is 0 Å². The monoisotopic (exact) mass is 362 g/mol. The maximum atomic E-state index is 11.7. The molecular weight excluding hydrogens is 357 g/mol. The standard InChI is InChI=1S/C8H5F3O2S.Ce/c9-8(10,11)7(13)4-5(12)6-2-1-3-14-6;/h1-4,12H;/q;+4/b5-4-;.